The number of esters is 1. The molecule has 0 saturated heterocycles. The Hall–Kier alpha value is -1.43. The number of terminal acetylenes is 1. The summed E-state index contributed by atoms with van der Waals surface area (Å²) in [6, 6.07) is -0.373. The first kappa shape index (κ1) is 15.6. The third-order valence-corrected chi connectivity index (χ3v) is 5.23. The molecule has 104 valence electrons. The van der Waals surface area contributed by atoms with Crippen LogP contribution in [0.5, 0.6) is 0 Å². The Morgan fingerprint density at radius 3 is 2.89 bits per heavy atom. The highest BCUT2D eigenvalue weighted by atomic mass is 32.2. The molecule has 1 heterocycles. The largest absolute Gasteiger partial charge is 0.464 e. The lowest BCUT2D eigenvalue weighted by Crippen LogP contribution is -2.34. The predicted molar refractivity (Wildman–Crippen MR) is 71.3 cm³/mol. The van der Waals surface area contributed by atoms with Crippen molar-refractivity contribution < 1.29 is 17.9 Å². The smallest absolute Gasteiger partial charge is 0.358 e. The molecule has 0 aromatic carbocycles. The van der Waals surface area contributed by atoms with Gasteiger partial charge < -0.3 is 4.74 Å². The number of hydrogen-bond donors (Lipinski definition) is 1. The predicted octanol–water partition coefficient (Wildman–Crippen LogP) is 1.01. The van der Waals surface area contributed by atoms with Crippen molar-refractivity contribution in [2.45, 2.75) is 30.0 Å². The third-order valence-electron chi connectivity index (χ3n) is 2.34. The van der Waals surface area contributed by atoms with Crippen LogP contribution in [0.4, 0.5) is 0 Å². The van der Waals surface area contributed by atoms with E-state index < -0.39 is 16.0 Å². The molecular weight excluding hydrogens is 288 g/mol. The zero-order chi connectivity index (χ0) is 14.5. The Labute approximate surface area is 116 Å². The Morgan fingerprint density at radius 1 is 1.68 bits per heavy atom. The van der Waals surface area contributed by atoms with Crippen LogP contribution in [-0.4, -0.2) is 32.5 Å². The topological polar surface area (TPSA) is 85.4 Å². The zero-order valence-electron chi connectivity index (χ0n) is 10.5. The normalized spacial score (nSPS) is 12.7. The van der Waals surface area contributed by atoms with Crippen molar-refractivity contribution >= 4 is 27.3 Å². The summed E-state index contributed by atoms with van der Waals surface area (Å²) in [5.74, 6) is 1.62. The molecule has 0 bridgehead atoms. The Morgan fingerprint density at radius 2 is 2.37 bits per heavy atom. The lowest BCUT2D eigenvalue weighted by Gasteiger charge is -2.13. The summed E-state index contributed by atoms with van der Waals surface area (Å²) in [4.78, 5) is 15.1. The number of carbonyl (C=O) groups excluding carboxylic acids is 1. The number of hydrogen-bond acceptors (Lipinski definition) is 6. The van der Waals surface area contributed by atoms with Crippen molar-refractivity contribution in [2.24, 2.45) is 0 Å². The van der Waals surface area contributed by atoms with Gasteiger partial charge in [0.15, 0.2) is 9.90 Å². The molecule has 0 amide bonds. The van der Waals surface area contributed by atoms with E-state index in [1.807, 2.05) is 6.92 Å². The summed E-state index contributed by atoms with van der Waals surface area (Å²) < 4.78 is 31.1. The molecule has 1 atom stereocenters. The monoisotopic (exact) mass is 302 g/mol. The molecule has 0 aliphatic heterocycles. The highest BCUT2D eigenvalue weighted by Crippen LogP contribution is 2.21. The van der Waals surface area contributed by atoms with Crippen molar-refractivity contribution in [3.05, 3.63) is 11.2 Å². The maximum absolute atomic E-state index is 12.2. The van der Waals surface area contributed by atoms with Gasteiger partial charge in [-0.15, -0.1) is 23.7 Å². The van der Waals surface area contributed by atoms with Crippen LogP contribution in [-0.2, 0) is 14.8 Å². The van der Waals surface area contributed by atoms with Crippen molar-refractivity contribution in [1.29, 1.82) is 0 Å². The molecule has 1 aromatic rings. The second kappa shape index (κ2) is 6.65. The van der Waals surface area contributed by atoms with E-state index in [0.29, 0.717) is 6.42 Å². The Balaban J connectivity index is 3.05. The lowest BCUT2D eigenvalue weighted by molar-refractivity contribution is 0.0590. The molecule has 1 aromatic heterocycles. The first-order valence-electron chi connectivity index (χ1n) is 5.43. The highest BCUT2D eigenvalue weighted by Gasteiger charge is 2.28. The summed E-state index contributed by atoms with van der Waals surface area (Å²) in [5, 5.41) is 0. The van der Waals surface area contributed by atoms with Crippen LogP contribution >= 0.6 is 11.3 Å². The van der Waals surface area contributed by atoms with Crippen molar-refractivity contribution in [1.82, 2.24) is 9.71 Å². The number of nitrogens with one attached hydrogen (secondary N) is 1. The van der Waals surface area contributed by atoms with Crippen LogP contribution < -0.4 is 4.72 Å². The van der Waals surface area contributed by atoms with E-state index in [1.165, 1.54) is 12.6 Å². The fourth-order valence-electron chi connectivity index (χ4n) is 1.34. The van der Waals surface area contributed by atoms with E-state index in [2.05, 4.69) is 20.4 Å². The van der Waals surface area contributed by atoms with E-state index in [1.54, 1.807) is 0 Å². The number of rotatable bonds is 6. The van der Waals surface area contributed by atoms with Crippen LogP contribution in [0, 0.1) is 12.3 Å². The van der Waals surface area contributed by atoms with Crippen LogP contribution in [0.25, 0.3) is 0 Å². The number of thiazole rings is 1. The second-order valence-electron chi connectivity index (χ2n) is 3.61. The van der Waals surface area contributed by atoms with Crippen LogP contribution in [0.15, 0.2) is 9.72 Å². The molecule has 19 heavy (non-hydrogen) atoms. The summed E-state index contributed by atoms with van der Waals surface area (Å²) in [6.07, 6.45) is 6.00. The van der Waals surface area contributed by atoms with Gasteiger partial charge in [-0.2, -0.15) is 0 Å². The molecule has 0 aliphatic rings. The summed E-state index contributed by atoms with van der Waals surface area (Å²) in [6.45, 7) is 1.82. The molecule has 0 fully saturated rings. The Kier molecular flexibility index (Phi) is 5.47. The average molecular weight is 302 g/mol. The van der Waals surface area contributed by atoms with Crippen molar-refractivity contribution in [3.8, 4) is 12.3 Å². The van der Waals surface area contributed by atoms with Gasteiger partial charge in [-0.3, -0.25) is 0 Å². The first-order chi connectivity index (χ1) is 8.96. The first-order valence-corrected chi connectivity index (χ1v) is 7.80. The maximum atomic E-state index is 12.2. The molecule has 0 saturated carbocycles. The van der Waals surface area contributed by atoms with Crippen LogP contribution in [0.2, 0.25) is 0 Å². The van der Waals surface area contributed by atoms with Crippen molar-refractivity contribution in [3.63, 3.8) is 0 Å². The molecule has 8 heteroatoms. The van der Waals surface area contributed by atoms with Gasteiger partial charge in [0.05, 0.1) is 12.6 Å². The standard InChI is InChI=1S/C11H14N2O4S2/c1-4-6-8(5-2)13-19(15,16)11-9(10(14)17-3)12-7-18-11/h1,7-8,13H,5-6H2,2-3H3. The van der Waals surface area contributed by atoms with Gasteiger partial charge in [0.25, 0.3) is 10.0 Å². The van der Waals surface area contributed by atoms with E-state index in [0.717, 1.165) is 11.3 Å². The van der Waals surface area contributed by atoms with E-state index >= 15 is 0 Å². The molecule has 6 nitrogen and oxygen atoms in total. The van der Waals surface area contributed by atoms with Gasteiger partial charge in [-0.05, 0) is 6.42 Å². The highest BCUT2D eigenvalue weighted by molar-refractivity contribution is 7.91. The zero-order valence-corrected chi connectivity index (χ0v) is 12.2. The molecular formula is C11H14N2O4S2. The van der Waals surface area contributed by atoms with E-state index in [9.17, 15) is 13.2 Å². The average Bonchev–Trinajstić information content (AvgIpc) is 2.87. The minimum absolute atomic E-state index is 0.158. The van der Waals surface area contributed by atoms with Crippen LogP contribution in [0.3, 0.4) is 0 Å². The van der Waals surface area contributed by atoms with Gasteiger partial charge in [0.2, 0.25) is 0 Å². The van der Waals surface area contributed by atoms with Gasteiger partial charge in [0, 0.05) is 12.5 Å². The molecule has 1 N–H and O–H groups in total. The van der Waals surface area contributed by atoms with Crippen molar-refractivity contribution in [2.75, 3.05) is 7.11 Å². The molecule has 0 spiro atoms. The minimum atomic E-state index is -3.83. The second-order valence-corrected chi connectivity index (χ2v) is 6.38. The van der Waals surface area contributed by atoms with Gasteiger partial charge in [-0.25, -0.2) is 22.9 Å². The molecule has 0 aliphatic carbocycles. The number of aromatic nitrogens is 1. The van der Waals surface area contributed by atoms with Gasteiger partial charge in [-0.1, -0.05) is 6.92 Å². The number of methoxy groups -OCH3 is 1. The summed E-state index contributed by atoms with van der Waals surface area (Å²) in [7, 11) is -2.66. The van der Waals surface area contributed by atoms with E-state index in [4.69, 9.17) is 6.42 Å². The fourth-order valence-corrected chi connectivity index (χ4v) is 3.81. The minimum Gasteiger partial charge on any atom is -0.464 e. The Bertz CT molecular complexity index is 586. The quantitative estimate of drug-likeness (QED) is 0.626. The molecule has 1 unspecified atom stereocenters. The van der Waals surface area contributed by atoms with Gasteiger partial charge in [0.1, 0.15) is 0 Å². The lowest BCUT2D eigenvalue weighted by atomic mass is 10.2. The number of nitrogens with zero attached hydrogens (tertiary/aromatic N) is 1. The fraction of sp³-hybridized carbons (Fsp3) is 0.455. The molecule has 0 radical (unpaired) electrons. The summed E-state index contributed by atoms with van der Waals surface area (Å²) in [5.41, 5.74) is 1.07. The van der Waals surface area contributed by atoms with E-state index in [-0.39, 0.29) is 22.4 Å². The summed E-state index contributed by atoms with van der Waals surface area (Å²) >= 11 is 0.857. The van der Waals surface area contributed by atoms with Crippen LogP contribution in [0.1, 0.15) is 30.3 Å². The number of ether oxygens (including phenoxy) is 1. The van der Waals surface area contributed by atoms with Gasteiger partial charge >= 0.3 is 5.97 Å². The number of carbonyl (C=O) groups is 1. The maximum Gasteiger partial charge on any atom is 0.358 e. The third kappa shape index (κ3) is 3.76. The SMILES string of the molecule is C#CCC(CC)NS(=O)(=O)c1scnc1C(=O)OC. The number of sulfonamides is 1. The molecule has 1 rings (SSSR count).